The molecular weight excluding hydrogens is 226 g/mol. The maximum absolute atomic E-state index is 11.6. The van der Waals surface area contributed by atoms with Gasteiger partial charge in [-0.1, -0.05) is 0 Å². The maximum Gasteiger partial charge on any atom is 0.239 e. The molecule has 0 aromatic carbocycles. The topological polar surface area (TPSA) is 103 Å². The zero-order valence-electron chi connectivity index (χ0n) is 9.90. The van der Waals surface area contributed by atoms with E-state index in [1.807, 2.05) is 0 Å². The molecule has 0 aromatic rings. The fraction of sp³-hybridized carbons (Fsp3) is 0.800. The molecule has 1 rings (SSSR count). The fourth-order valence-electron chi connectivity index (χ4n) is 1.49. The second-order valence-electron chi connectivity index (χ2n) is 3.87. The number of amides is 2. The van der Waals surface area contributed by atoms with Gasteiger partial charge in [-0.15, -0.1) is 0 Å². The third kappa shape index (κ3) is 4.68. The van der Waals surface area contributed by atoms with Crippen LogP contribution >= 0.6 is 0 Å². The van der Waals surface area contributed by atoms with Crippen molar-refractivity contribution in [3.05, 3.63) is 0 Å². The van der Waals surface area contributed by atoms with Crippen LogP contribution in [0.4, 0.5) is 0 Å². The molecule has 1 aliphatic heterocycles. The Kier molecular flexibility index (Phi) is 5.88. The number of rotatable bonds is 6. The van der Waals surface area contributed by atoms with Crippen molar-refractivity contribution >= 4 is 11.8 Å². The largest absolute Gasteiger partial charge is 0.383 e. The van der Waals surface area contributed by atoms with Crippen LogP contribution in [0.1, 0.15) is 0 Å². The van der Waals surface area contributed by atoms with Gasteiger partial charge in [0.05, 0.1) is 32.3 Å². The summed E-state index contributed by atoms with van der Waals surface area (Å²) < 4.78 is 9.85. The molecule has 0 spiro atoms. The molecule has 0 saturated carbocycles. The summed E-state index contributed by atoms with van der Waals surface area (Å²) in [5.41, 5.74) is 5.68. The van der Waals surface area contributed by atoms with E-state index in [-0.39, 0.29) is 30.3 Å². The lowest BCUT2D eigenvalue weighted by molar-refractivity contribution is -0.128. The molecular formula is C10H19N3O4. The molecule has 4 N–H and O–H groups in total. The first kappa shape index (κ1) is 13.9. The van der Waals surface area contributed by atoms with Gasteiger partial charge in [-0.3, -0.25) is 9.59 Å². The average Bonchev–Trinajstić information content (AvgIpc) is 2.73. The van der Waals surface area contributed by atoms with E-state index in [2.05, 4.69) is 10.6 Å². The molecule has 17 heavy (non-hydrogen) atoms. The molecule has 7 nitrogen and oxygen atoms in total. The summed E-state index contributed by atoms with van der Waals surface area (Å²) >= 11 is 0. The van der Waals surface area contributed by atoms with Gasteiger partial charge in [-0.05, 0) is 0 Å². The monoisotopic (exact) mass is 245 g/mol. The highest BCUT2D eigenvalue weighted by Gasteiger charge is 2.31. The van der Waals surface area contributed by atoms with Crippen LogP contribution < -0.4 is 16.4 Å². The quantitative estimate of drug-likeness (QED) is 0.462. The van der Waals surface area contributed by atoms with Crippen molar-refractivity contribution in [2.45, 2.75) is 6.04 Å². The van der Waals surface area contributed by atoms with Gasteiger partial charge in [-0.2, -0.15) is 0 Å². The molecule has 0 aliphatic carbocycles. The number of nitrogens with two attached hydrogens (primary N) is 1. The first-order chi connectivity index (χ1) is 8.15. The molecule has 0 radical (unpaired) electrons. The molecule has 1 fully saturated rings. The molecule has 0 bridgehead atoms. The Labute approximate surface area is 100 Å². The van der Waals surface area contributed by atoms with Crippen LogP contribution in [0.2, 0.25) is 0 Å². The summed E-state index contributed by atoms with van der Waals surface area (Å²) in [7, 11) is 1.55. The molecule has 7 heteroatoms. The van der Waals surface area contributed by atoms with Crippen LogP contribution in [-0.4, -0.2) is 57.9 Å². The van der Waals surface area contributed by atoms with Crippen molar-refractivity contribution in [3.63, 3.8) is 0 Å². The number of nitrogens with one attached hydrogen (secondary N) is 2. The van der Waals surface area contributed by atoms with Crippen LogP contribution in [-0.2, 0) is 19.1 Å². The van der Waals surface area contributed by atoms with Gasteiger partial charge in [-0.25, -0.2) is 0 Å². The van der Waals surface area contributed by atoms with Crippen LogP contribution in [0.25, 0.3) is 0 Å². The van der Waals surface area contributed by atoms with Crippen molar-refractivity contribution in [3.8, 4) is 0 Å². The van der Waals surface area contributed by atoms with Crippen LogP contribution in [0.3, 0.4) is 0 Å². The predicted molar refractivity (Wildman–Crippen MR) is 60.2 cm³/mol. The lowest BCUT2D eigenvalue weighted by atomic mass is 10.0. The molecule has 1 aliphatic rings. The van der Waals surface area contributed by atoms with Crippen molar-refractivity contribution in [2.24, 2.45) is 11.7 Å². The zero-order valence-corrected chi connectivity index (χ0v) is 9.90. The van der Waals surface area contributed by atoms with E-state index >= 15 is 0 Å². The third-order valence-corrected chi connectivity index (χ3v) is 2.51. The van der Waals surface area contributed by atoms with Gasteiger partial charge >= 0.3 is 0 Å². The first-order valence-corrected chi connectivity index (χ1v) is 5.52. The van der Waals surface area contributed by atoms with Crippen molar-refractivity contribution in [1.29, 1.82) is 0 Å². The van der Waals surface area contributed by atoms with Crippen LogP contribution in [0, 0.1) is 5.92 Å². The Balaban J connectivity index is 2.16. The van der Waals surface area contributed by atoms with Gasteiger partial charge in [0, 0.05) is 19.7 Å². The lowest BCUT2D eigenvalue weighted by Crippen LogP contribution is -2.45. The molecule has 1 heterocycles. The minimum absolute atomic E-state index is 0.0498. The highest BCUT2D eigenvalue weighted by atomic mass is 16.5. The predicted octanol–water partition coefficient (Wildman–Crippen LogP) is -2.16. The summed E-state index contributed by atoms with van der Waals surface area (Å²) in [6, 6.07) is -0.286. The minimum Gasteiger partial charge on any atom is -0.383 e. The van der Waals surface area contributed by atoms with Crippen LogP contribution in [0.5, 0.6) is 0 Å². The van der Waals surface area contributed by atoms with Gasteiger partial charge in [0.1, 0.15) is 0 Å². The standard InChI is InChI=1S/C10H19N3O4/c1-16-3-2-12-9(14)4-13-10(15)7-5-17-6-8(7)11/h7-8H,2-6,11H2,1H3,(H,12,14)(H,13,15). The Morgan fingerprint density at radius 1 is 1.41 bits per heavy atom. The Morgan fingerprint density at radius 2 is 2.18 bits per heavy atom. The van der Waals surface area contributed by atoms with E-state index in [1.165, 1.54) is 0 Å². The third-order valence-electron chi connectivity index (χ3n) is 2.51. The normalized spacial score (nSPS) is 23.4. The number of ether oxygens (including phenoxy) is 2. The summed E-state index contributed by atoms with van der Waals surface area (Å²) in [6.45, 7) is 1.53. The zero-order chi connectivity index (χ0) is 12.7. The van der Waals surface area contributed by atoms with Crippen molar-refractivity contribution < 1.29 is 19.1 Å². The Morgan fingerprint density at radius 3 is 2.76 bits per heavy atom. The highest BCUT2D eigenvalue weighted by molar-refractivity contribution is 5.86. The average molecular weight is 245 g/mol. The molecule has 1 saturated heterocycles. The summed E-state index contributed by atoms with van der Waals surface area (Å²) in [4.78, 5) is 22.9. The molecule has 98 valence electrons. The Hall–Kier alpha value is -1.18. The van der Waals surface area contributed by atoms with E-state index in [0.717, 1.165) is 0 Å². The van der Waals surface area contributed by atoms with E-state index in [0.29, 0.717) is 26.4 Å². The highest BCUT2D eigenvalue weighted by Crippen LogP contribution is 2.10. The summed E-state index contributed by atoms with van der Waals surface area (Å²) in [5.74, 6) is -0.846. The van der Waals surface area contributed by atoms with Gasteiger partial charge in [0.25, 0.3) is 0 Å². The molecule has 2 amide bonds. The maximum atomic E-state index is 11.6. The smallest absolute Gasteiger partial charge is 0.239 e. The van der Waals surface area contributed by atoms with Gasteiger partial charge < -0.3 is 25.8 Å². The van der Waals surface area contributed by atoms with Gasteiger partial charge in [0.15, 0.2) is 0 Å². The lowest BCUT2D eigenvalue weighted by Gasteiger charge is -2.13. The molecule has 2 atom stereocenters. The number of hydrogen-bond acceptors (Lipinski definition) is 5. The summed E-state index contributed by atoms with van der Waals surface area (Å²) in [5, 5.41) is 5.13. The number of carbonyl (C=O) groups is 2. The second-order valence-corrected chi connectivity index (χ2v) is 3.87. The number of carbonyl (C=O) groups excluding carboxylic acids is 2. The number of methoxy groups -OCH3 is 1. The molecule has 0 aromatic heterocycles. The van der Waals surface area contributed by atoms with E-state index in [4.69, 9.17) is 15.2 Å². The molecule has 2 unspecified atom stereocenters. The SMILES string of the molecule is COCCNC(=O)CNC(=O)C1COCC1N. The van der Waals surface area contributed by atoms with E-state index in [1.54, 1.807) is 7.11 Å². The van der Waals surface area contributed by atoms with Crippen molar-refractivity contribution in [2.75, 3.05) is 40.0 Å². The Bertz CT molecular complexity index is 272. The first-order valence-electron chi connectivity index (χ1n) is 5.52. The second kappa shape index (κ2) is 7.21. The minimum atomic E-state index is -0.359. The summed E-state index contributed by atoms with van der Waals surface area (Å²) in [6.07, 6.45) is 0. The fourth-order valence-corrected chi connectivity index (χ4v) is 1.49. The van der Waals surface area contributed by atoms with Crippen LogP contribution in [0.15, 0.2) is 0 Å². The van der Waals surface area contributed by atoms with E-state index < -0.39 is 0 Å². The number of hydrogen-bond donors (Lipinski definition) is 3. The van der Waals surface area contributed by atoms with Crippen molar-refractivity contribution in [1.82, 2.24) is 10.6 Å². The van der Waals surface area contributed by atoms with E-state index in [9.17, 15) is 9.59 Å². The van der Waals surface area contributed by atoms with Gasteiger partial charge in [0.2, 0.25) is 11.8 Å².